The van der Waals surface area contributed by atoms with Crippen molar-refractivity contribution < 1.29 is 82.3 Å². The van der Waals surface area contributed by atoms with E-state index in [2.05, 4.69) is 9.88 Å². The van der Waals surface area contributed by atoms with Crippen LogP contribution in [0.2, 0.25) is 0 Å². The third-order valence-corrected chi connectivity index (χ3v) is 0.489. The number of carboxylic acid groups (broad SMARTS) is 2. The van der Waals surface area contributed by atoms with Crippen LogP contribution in [0.4, 0.5) is 9.05 Å². The molecule has 0 saturated carbocycles. The Morgan fingerprint density at radius 3 is 1.05 bits per heavy atom. The molecule has 0 aromatic heterocycles. The van der Waals surface area contributed by atoms with Crippen molar-refractivity contribution in [2.24, 2.45) is 0 Å². The summed E-state index contributed by atoms with van der Waals surface area (Å²) < 4.78 is 20.8. The molecule has 0 rings (SSSR count). The van der Waals surface area contributed by atoms with Crippen LogP contribution in [0.1, 0.15) is 0 Å². The Balaban J connectivity index is -0.0000000900. The molecule has 104 valence electrons. The van der Waals surface area contributed by atoms with E-state index < -0.39 is 31.2 Å². The van der Waals surface area contributed by atoms with E-state index in [1.54, 1.807) is 0 Å². The van der Waals surface area contributed by atoms with Gasteiger partial charge in [0.2, 0.25) is 0 Å². The Bertz CT molecular complexity index is 268. The first kappa shape index (κ1) is 26.0. The van der Waals surface area contributed by atoms with E-state index >= 15 is 0 Å². The van der Waals surface area contributed by atoms with Gasteiger partial charge in [-0.25, -0.2) is 29.1 Å². The van der Waals surface area contributed by atoms with Crippen molar-refractivity contribution in [3.63, 3.8) is 0 Å². The molecule has 0 radical (unpaired) electrons. The Hall–Kier alpha value is -1.72. The predicted octanol–water partition coefficient (Wildman–Crippen LogP) is -6.68. The largest absolute Gasteiger partial charge is 1.00 e. The molecule has 0 spiro atoms. The van der Waals surface area contributed by atoms with Crippen LogP contribution in [-0.2, 0) is 29.1 Å². The van der Waals surface area contributed by atoms with Crippen LogP contribution < -0.4 is 23.9 Å². The minimum atomic E-state index is -2.42. The molecule has 0 saturated heterocycles. The number of carbonyl (C=O) groups is 4. The van der Waals surface area contributed by atoms with Gasteiger partial charge in [-0.1, -0.05) is 0 Å². The van der Waals surface area contributed by atoms with Crippen LogP contribution in [0.25, 0.3) is 0 Å². The summed E-state index contributed by atoms with van der Waals surface area (Å²) in [7, 11) is -2.42. The molecule has 11 nitrogen and oxygen atoms in total. The van der Waals surface area contributed by atoms with Crippen molar-refractivity contribution in [2.75, 3.05) is 0 Å². The normalized spacial score (nSPS) is 7.00. The van der Waals surface area contributed by atoms with Crippen LogP contribution in [0.15, 0.2) is 0 Å². The molecule has 0 aromatic rings. The van der Waals surface area contributed by atoms with Crippen molar-refractivity contribution in [3.8, 4) is 0 Å². The molecular formula is C4H4BF2LiO11. The molecule has 0 atom stereocenters. The van der Waals surface area contributed by atoms with Gasteiger partial charge in [0.25, 0.3) is 0 Å². The smallest absolute Gasteiger partial charge is 0.832 e. The van der Waals surface area contributed by atoms with Crippen LogP contribution in [-0.4, -0.2) is 51.5 Å². The van der Waals surface area contributed by atoms with E-state index in [4.69, 9.17) is 25.3 Å². The Morgan fingerprint density at radius 1 is 0.895 bits per heavy atom. The molecule has 0 fully saturated rings. The number of hydrogen-bond acceptors (Lipinski definition) is 9. The standard InChI is InChI=1S/2C2HFO4.BH2O3.Li/c2*3-7-2(6)1(4)5;2-1(3)4;/h2*(H,4,5);2-3H;/q;;-1;+1. The van der Waals surface area contributed by atoms with Gasteiger partial charge < -0.3 is 25.3 Å². The zero-order valence-electron chi connectivity index (χ0n) is 8.98. The second-order valence-electron chi connectivity index (χ2n) is 1.67. The van der Waals surface area contributed by atoms with Crippen LogP contribution in [0.5, 0.6) is 0 Å². The number of aliphatic carboxylic acids is 2. The topological polar surface area (TPSA) is 191 Å². The summed E-state index contributed by atoms with van der Waals surface area (Å²) in [4.78, 5) is 41.6. The quantitative estimate of drug-likeness (QED) is 0.244. The van der Waals surface area contributed by atoms with Crippen molar-refractivity contribution in [3.05, 3.63) is 0 Å². The molecule has 0 aliphatic carbocycles. The molecule has 4 N–H and O–H groups in total. The monoisotopic (exact) mass is 284 g/mol. The summed E-state index contributed by atoms with van der Waals surface area (Å²) in [5, 5.41) is 37.7. The van der Waals surface area contributed by atoms with E-state index in [-0.39, 0.29) is 18.9 Å². The van der Waals surface area contributed by atoms with Gasteiger partial charge in [-0.15, -0.1) is 0 Å². The van der Waals surface area contributed by atoms with E-state index in [1.807, 2.05) is 0 Å². The Labute approximate surface area is 114 Å². The molecule has 0 heterocycles. The Kier molecular flexibility index (Phi) is 22.3. The third-order valence-electron chi connectivity index (χ3n) is 0.489. The summed E-state index contributed by atoms with van der Waals surface area (Å²) in [5.74, 6) is -7.69. The van der Waals surface area contributed by atoms with Crippen LogP contribution in [0.3, 0.4) is 0 Å². The molecule has 0 bridgehead atoms. The zero-order chi connectivity index (χ0) is 15.3. The van der Waals surface area contributed by atoms with Gasteiger partial charge in [0.05, 0.1) is 0 Å². The van der Waals surface area contributed by atoms with Crippen molar-refractivity contribution >= 4 is 31.2 Å². The third kappa shape index (κ3) is 31.4. The average Bonchev–Trinajstić information content (AvgIpc) is 2.26. The van der Waals surface area contributed by atoms with E-state index in [1.165, 1.54) is 0 Å². The van der Waals surface area contributed by atoms with Gasteiger partial charge in [0.15, 0.2) is 0 Å². The maximum atomic E-state index is 10.4. The molecule has 0 unspecified atom stereocenters. The maximum Gasteiger partial charge on any atom is 1.00 e. The fourth-order valence-corrected chi connectivity index (χ4v) is 0.0660. The average molecular weight is 284 g/mol. The molecule has 0 aromatic carbocycles. The van der Waals surface area contributed by atoms with Gasteiger partial charge >= 0.3 is 50.1 Å². The van der Waals surface area contributed by atoms with E-state index in [9.17, 15) is 28.2 Å². The van der Waals surface area contributed by atoms with Crippen molar-refractivity contribution in [1.29, 1.82) is 0 Å². The van der Waals surface area contributed by atoms with E-state index in [0.29, 0.717) is 0 Å². The molecule has 0 aliphatic heterocycles. The number of hydrogen-bond donors (Lipinski definition) is 4. The summed E-state index contributed by atoms with van der Waals surface area (Å²) in [6, 6.07) is 0. The number of carbonyl (C=O) groups excluding carboxylic acids is 2. The SMILES string of the molecule is O=C(O)C(=O)OF.O=C(O)C(=O)OF.[Li+].[O-]B(O)O. The van der Waals surface area contributed by atoms with Gasteiger partial charge in [-0.3, -0.25) is 0 Å². The molecule has 0 aliphatic rings. The first-order chi connectivity index (χ1) is 8.09. The van der Waals surface area contributed by atoms with Gasteiger partial charge in [-0.2, -0.15) is 0 Å². The maximum absolute atomic E-state index is 10.4. The zero-order valence-corrected chi connectivity index (χ0v) is 8.98. The minimum Gasteiger partial charge on any atom is -0.832 e. The van der Waals surface area contributed by atoms with Crippen LogP contribution in [0, 0.1) is 0 Å². The Morgan fingerprint density at radius 2 is 1.05 bits per heavy atom. The fraction of sp³-hybridized carbons (Fsp3) is 0. The molecule has 15 heteroatoms. The van der Waals surface area contributed by atoms with Crippen molar-refractivity contribution in [1.82, 2.24) is 0 Å². The number of halogens is 2. The summed E-state index contributed by atoms with van der Waals surface area (Å²) in [5.41, 5.74) is 0. The second-order valence-corrected chi connectivity index (χ2v) is 1.67. The van der Waals surface area contributed by atoms with Gasteiger partial charge in [0, 0.05) is 9.05 Å². The second kappa shape index (κ2) is 16.3. The number of carboxylic acids is 2. The first-order valence-corrected chi connectivity index (χ1v) is 3.23. The summed E-state index contributed by atoms with van der Waals surface area (Å²) in [6.45, 7) is 0. The summed E-state index contributed by atoms with van der Waals surface area (Å²) >= 11 is 0. The van der Waals surface area contributed by atoms with Gasteiger partial charge in [-0.05, 0) is 0 Å². The number of rotatable bonds is 0. The summed E-state index contributed by atoms with van der Waals surface area (Å²) in [6.07, 6.45) is 0. The molecule has 19 heavy (non-hydrogen) atoms. The van der Waals surface area contributed by atoms with Crippen LogP contribution >= 0.6 is 0 Å². The minimum absolute atomic E-state index is 0. The first-order valence-electron chi connectivity index (χ1n) is 3.23. The predicted molar refractivity (Wildman–Crippen MR) is 39.9 cm³/mol. The molecular weight excluding hydrogens is 280 g/mol. The fourth-order valence-electron chi connectivity index (χ4n) is 0.0660. The van der Waals surface area contributed by atoms with E-state index in [0.717, 1.165) is 0 Å². The van der Waals surface area contributed by atoms with Gasteiger partial charge in [0.1, 0.15) is 0 Å². The molecule has 0 amide bonds. The van der Waals surface area contributed by atoms with Crippen molar-refractivity contribution in [2.45, 2.75) is 0 Å².